The van der Waals surface area contributed by atoms with Crippen LogP contribution in [0, 0.1) is 0 Å². The molecule has 0 spiro atoms. The maximum Gasteiger partial charge on any atom is 0.337 e. The summed E-state index contributed by atoms with van der Waals surface area (Å²) >= 11 is 0. The number of rotatable bonds is 2. The van der Waals surface area contributed by atoms with Crippen molar-refractivity contribution in [2.45, 2.75) is 6.10 Å². The minimum atomic E-state index is -1.48. The van der Waals surface area contributed by atoms with E-state index in [0.29, 0.717) is 11.1 Å². The monoisotopic (exact) mass is 192 g/mol. The lowest BCUT2D eigenvalue weighted by Gasteiger charge is -2.04. The van der Waals surface area contributed by atoms with Gasteiger partial charge in [0.05, 0.1) is 17.4 Å². The summed E-state index contributed by atoms with van der Waals surface area (Å²) in [5.41, 5.74) is 1.79. The molecule has 0 radical (unpaired) electrons. The van der Waals surface area contributed by atoms with Crippen LogP contribution in [0.3, 0.4) is 0 Å². The molecule has 0 bridgehead atoms. The van der Waals surface area contributed by atoms with Crippen LogP contribution in [0.4, 0.5) is 0 Å². The number of carboxylic acid groups (broad SMARTS) is 1. The summed E-state index contributed by atoms with van der Waals surface area (Å²) in [5.74, 6) is -1.26. The molecule has 5 heteroatoms. The number of aromatic nitrogens is 2. The largest absolute Gasteiger partial charge is 0.479 e. The fourth-order valence-corrected chi connectivity index (χ4v) is 1.27. The van der Waals surface area contributed by atoms with E-state index in [1.807, 2.05) is 0 Å². The van der Waals surface area contributed by atoms with E-state index < -0.39 is 12.1 Å². The minimum Gasteiger partial charge on any atom is -0.479 e. The van der Waals surface area contributed by atoms with Crippen molar-refractivity contribution in [3.05, 3.63) is 30.1 Å². The third-order valence-corrected chi connectivity index (χ3v) is 1.99. The van der Waals surface area contributed by atoms with Gasteiger partial charge in [0, 0.05) is 0 Å². The molecule has 1 aromatic carbocycles. The van der Waals surface area contributed by atoms with Gasteiger partial charge in [-0.3, -0.25) is 0 Å². The molecule has 0 fully saturated rings. The first-order valence-electron chi connectivity index (χ1n) is 4.02. The number of hydrogen-bond donors (Lipinski definition) is 3. The van der Waals surface area contributed by atoms with E-state index in [1.54, 1.807) is 18.2 Å². The molecule has 1 heterocycles. The maximum absolute atomic E-state index is 10.5. The summed E-state index contributed by atoms with van der Waals surface area (Å²) in [7, 11) is 0. The first kappa shape index (κ1) is 8.71. The summed E-state index contributed by atoms with van der Waals surface area (Å²) in [6.07, 6.45) is 0.0319. The zero-order valence-electron chi connectivity index (χ0n) is 7.14. The van der Waals surface area contributed by atoms with Crippen LogP contribution in [0.1, 0.15) is 11.7 Å². The molecule has 0 amide bonds. The van der Waals surface area contributed by atoms with Gasteiger partial charge in [-0.15, -0.1) is 0 Å². The van der Waals surface area contributed by atoms with E-state index in [2.05, 4.69) is 9.97 Å². The highest BCUT2D eigenvalue weighted by atomic mass is 16.4. The zero-order valence-corrected chi connectivity index (χ0v) is 7.14. The van der Waals surface area contributed by atoms with Gasteiger partial charge in [-0.1, -0.05) is 6.07 Å². The SMILES string of the molecule is O=C(O)C(O)c1ccc2nc[nH]c2c1. The fourth-order valence-electron chi connectivity index (χ4n) is 1.27. The summed E-state index contributed by atoms with van der Waals surface area (Å²) < 4.78 is 0. The van der Waals surface area contributed by atoms with Crippen molar-refractivity contribution in [1.82, 2.24) is 9.97 Å². The number of hydrogen-bond acceptors (Lipinski definition) is 3. The number of aliphatic hydroxyl groups excluding tert-OH is 1. The Balaban J connectivity index is 2.48. The second-order valence-electron chi connectivity index (χ2n) is 2.92. The average molecular weight is 192 g/mol. The summed E-state index contributed by atoms with van der Waals surface area (Å²) in [6.45, 7) is 0. The molecule has 5 nitrogen and oxygen atoms in total. The predicted molar refractivity (Wildman–Crippen MR) is 48.7 cm³/mol. The second kappa shape index (κ2) is 3.12. The normalized spacial score (nSPS) is 12.9. The Kier molecular flexibility index (Phi) is 1.94. The van der Waals surface area contributed by atoms with Crippen molar-refractivity contribution in [2.24, 2.45) is 0 Å². The smallest absolute Gasteiger partial charge is 0.337 e. The van der Waals surface area contributed by atoms with Crippen LogP contribution in [0.5, 0.6) is 0 Å². The van der Waals surface area contributed by atoms with Gasteiger partial charge in [0.25, 0.3) is 0 Å². The third kappa shape index (κ3) is 1.33. The Morgan fingerprint density at radius 1 is 1.50 bits per heavy atom. The van der Waals surface area contributed by atoms with Gasteiger partial charge in [0.1, 0.15) is 0 Å². The fraction of sp³-hybridized carbons (Fsp3) is 0.111. The molecule has 0 saturated heterocycles. The number of imidazole rings is 1. The van der Waals surface area contributed by atoms with Crippen LogP contribution >= 0.6 is 0 Å². The number of aromatic amines is 1. The molecule has 72 valence electrons. The molecular weight excluding hydrogens is 184 g/mol. The Morgan fingerprint density at radius 2 is 2.29 bits per heavy atom. The highest BCUT2D eigenvalue weighted by Crippen LogP contribution is 2.17. The van der Waals surface area contributed by atoms with Crippen LogP contribution < -0.4 is 0 Å². The zero-order chi connectivity index (χ0) is 10.1. The van der Waals surface area contributed by atoms with Crippen molar-refractivity contribution < 1.29 is 15.0 Å². The molecule has 1 aromatic heterocycles. The van der Waals surface area contributed by atoms with Gasteiger partial charge >= 0.3 is 5.97 Å². The standard InChI is InChI=1S/C9H8N2O3/c12-8(9(13)14)5-1-2-6-7(3-5)11-4-10-6/h1-4,8,12H,(H,10,11)(H,13,14). The van der Waals surface area contributed by atoms with Crippen molar-refractivity contribution in [3.63, 3.8) is 0 Å². The number of fused-ring (bicyclic) bond motifs is 1. The lowest BCUT2D eigenvalue weighted by Crippen LogP contribution is -2.10. The molecule has 2 aromatic rings. The van der Waals surface area contributed by atoms with Crippen LogP contribution in [0.25, 0.3) is 11.0 Å². The Labute approximate surface area is 79.0 Å². The number of aliphatic carboxylic acids is 1. The van der Waals surface area contributed by atoms with E-state index in [9.17, 15) is 9.90 Å². The molecule has 0 aliphatic rings. The summed E-state index contributed by atoms with van der Waals surface area (Å²) in [5, 5.41) is 17.8. The number of carbonyl (C=O) groups is 1. The van der Waals surface area contributed by atoms with E-state index in [-0.39, 0.29) is 0 Å². The first-order chi connectivity index (χ1) is 6.68. The van der Waals surface area contributed by atoms with Crippen molar-refractivity contribution in [2.75, 3.05) is 0 Å². The van der Waals surface area contributed by atoms with Gasteiger partial charge in [0.15, 0.2) is 6.10 Å². The predicted octanol–water partition coefficient (Wildman–Crippen LogP) is 0.681. The van der Waals surface area contributed by atoms with Crippen molar-refractivity contribution >= 4 is 17.0 Å². The van der Waals surface area contributed by atoms with Gasteiger partial charge in [-0.05, 0) is 17.7 Å². The average Bonchev–Trinajstić information content (AvgIpc) is 2.62. The topological polar surface area (TPSA) is 86.2 Å². The number of aliphatic hydroxyl groups is 1. The highest BCUT2D eigenvalue weighted by Gasteiger charge is 2.15. The third-order valence-electron chi connectivity index (χ3n) is 1.99. The number of carboxylic acids is 1. The van der Waals surface area contributed by atoms with Gasteiger partial charge in [-0.25, -0.2) is 9.78 Å². The van der Waals surface area contributed by atoms with Crippen molar-refractivity contribution in [1.29, 1.82) is 0 Å². The van der Waals surface area contributed by atoms with Gasteiger partial charge in [-0.2, -0.15) is 0 Å². The molecule has 1 unspecified atom stereocenters. The molecule has 14 heavy (non-hydrogen) atoms. The van der Waals surface area contributed by atoms with Crippen molar-refractivity contribution in [3.8, 4) is 0 Å². The van der Waals surface area contributed by atoms with E-state index in [4.69, 9.17) is 5.11 Å². The molecule has 2 rings (SSSR count). The van der Waals surface area contributed by atoms with Crippen LogP contribution in [0.15, 0.2) is 24.5 Å². The van der Waals surface area contributed by atoms with E-state index in [0.717, 1.165) is 5.52 Å². The van der Waals surface area contributed by atoms with Gasteiger partial charge < -0.3 is 15.2 Å². The maximum atomic E-state index is 10.5. The van der Waals surface area contributed by atoms with E-state index in [1.165, 1.54) is 6.33 Å². The minimum absolute atomic E-state index is 0.342. The molecule has 0 aliphatic heterocycles. The first-order valence-corrected chi connectivity index (χ1v) is 4.02. The molecular formula is C9H8N2O3. The van der Waals surface area contributed by atoms with Crippen LogP contribution in [-0.4, -0.2) is 26.2 Å². The summed E-state index contributed by atoms with van der Waals surface area (Å²) in [6, 6.07) is 4.77. The Morgan fingerprint density at radius 3 is 3.00 bits per heavy atom. The number of benzene rings is 1. The highest BCUT2D eigenvalue weighted by molar-refractivity contribution is 5.79. The second-order valence-corrected chi connectivity index (χ2v) is 2.92. The van der Waals surface area contributed by atoms with Crippen LogP contribution in [0.2, 0.25) is 0 Å². The number of nitrogens with zero attached hydrogens (tertiary/aromatic N) is 1. The molecule has 3 N–H and O–H groups in total. The lowest BCUT2D eigenvalue weighted by molar-refractivity contribution is -0.146. The number of nitrogens with one attached hydrogen (secondary N) is 1. The lowest BCUT2D eigenvalue weighted by atomic mass is 10.1. The number of H-pyrrole nitrogens is 1. The molecule has 0 aliphatic carbocycles. The quantitative estimate of drug-likeness (QED) is 0.653. The molecule has 0 saturated carbocycles. The van der Waals surface area contributed by atoms with E-state index >= 15 is 0 Å². The Bertz CT molecular complexity index is 478. The van der Waals surface area contributed by atoms with Gasteiger partial charge in [0.2, 0.25) is 0 Å². The summed E-state index contributed by atoms with van der Waals surface area (Å²) in [4.78, 5) is 17.3. The Hall–Kier alpha value is -1.88. The molecule has 1 atom stereocenters. The van der Waals surface area contributed by atoms with Crippen LogP contribution in [-0.2, 0) is 4.79 Å².